The zero-order valence-electron chi connectivity index (χ0n) is 9.04. The van der Waals surface area contributed by atoms with Gasteiger partial charge in [-0.1, -0.05) is 23.2 Å². The highest BCUT2D eigenvalue weighted by molar-refractivity contribution is 7.48. The fourth-order valence-electron chi connectivity index (χ4n) is 0.659. The van der Waals surface area contributed by atoms with Crippen LogP contribution in [-0.4, -0.2) is 22.3 Å². The summed E-state index contributed by atoms with van der Waals surface area (Å²) < 4.78 is 19.0. The smallest absolute Gasteiger partial charge is 0.352 e. The van der Waals surface area contributed by atoms with Crippen molar-refractivity contribution in [3.05, 3.63) is 0 Å². The van der Waals surface area contributed by atoms with E-state index in [-0.39, 0.29) is 12.2 Å². The summed E-state index contributed by atoms with van der Waals surface area (Å²) in [5.74, 6) is -0.939. The van der Waals surface area contributed by atoms with Crippen LogP contribution in [0.2, 0.25) is 0 Å². The van der Waals surface area contributed by atoms with Gasteiger partial charge in [-0.05, 0) is 27.7 Å². The molecule has 0 aromatic heterocycles. The lowest BCUT2D eigenvalue weighted by Gasteiger charge is -2.20. The Morgan fingerprint density at radius 1 is 1.20 bits per heavy atom. The molecule has 0 spiro atoms. The molecule has 0 aromatic rings. The molecule has 7 heteroatoms. The topological polar surface area (TPSA) is 52.6 Å². The van der Waals surface area contributed by atoms with Gasteiger partial charge in [0.15, 0.2) is 0 Å². The minimum atomic E-state index is -2.90. The summed E-state index contributed by atoms with van der Waals surface area (Å²) in [5.41, 5.74) is 0. The number of carbonyl (C=O) groups is 1. The van der Waals surface area contributed by atoms with E-state index >= 15 is 0 Å². The Bertz CT molecular complexity index is 229. The van der Waals surface area contributed by atoms with Crippen molar-refractivity contribution in [3.8, 4) is 0 Å². The lowest BCUT2D eigenvalue weighted by Crippen LogP contribution is -2.28. The summed E-state index contributed by atoms with van der Waals surface area (Å²) in [6.45, 7) is 6.62. The van der Waals surface area contributed by atoms with Crippen LogP contribution in [0.1, 0.15) is 27.7 Å². The van der Waals surface area contributed by atoms with Crippen molar-refractivity contribution in [2.45, 2.75) is 44.0 Å². The van der Waals surface area contributed by atoms with Gasteiger partial charge in [-0.3, -0.25) is 4.57 Å². The number of esters is 1. The van der Waals surface area contributed by atoms with Gasteiger partial charge in [0, 0.05) is 0 Å². The minimum Gasteiger partial charge on any atom is -0.460 e. The first-order valence-corrected chi connectivity index (χ1v) is 6.55. The van der Waals surface area contributed by atoms with Gasteiger partial charge in [0.1, 0.15) is 0 Å². The molecule has 0 radical (unpaired) electrons. The molecule has 1 unspecified atom stereocenters. The quantitative estimate of drug-likeness (QED) is 0.440. The molecule has 0 saturated heterocycles. The third-order valence-electron chi connectivity index (χ3n) is 1.20. The normalized spacial score (nSPS) is 14.4. The first-order chi connectivity index (χ1) is 6.67. The average molecular weight is 277 g/mol. The van der Waals surface area contributed by atoms with E-state index in [1.54, 1.807) is 27.7 Å². The lowest BCUT2D eigenvalue weighted by atomic mass is 10.5. The zero-order valence-corrected chi connectivity index (χ0v) is 11.6. The van der Waals surface area contributed by atoms with Crippen molar-refractivity contribution in [1.82, 2.24) is 0 Å². The molecule has 0 aromatic carbocycles. The van der Waals surface area contributed by atoms with E-state index in [4.69, 9.17) is 32.5 Å². The second-order valence-corrected chi connectivity index (χ2v) is 7.00. The molecule has 90 valence electrons. The summed E-state index contributed by atoms with van der Waals surface area (Å²) in [5, 5.41) is 0. The summed E-state index contributed by atoms with van der Waals surface area (Å²) in [6.07, 6.45) is -0.691. The molecule has 4 nitrogen and oxygen atoms in total. The number of hydrogen-bond acceptors (Lipinski definition) is 4. The average Bonchev–Trinajstić information content (AvgIpc) is 2.01. The maximum atomic E-state index is 11.5. The molecule has 0 aliphatic heterocycles. The van der Waals surface area contributed by atoms with Crippen LogP contribution in [0.5, 0.6) is 0 Å². The van der Waals surface area contributed by atoms with E-state index < -0.39 is 18.1 Å². The molecular formula is C8H15Cl2O4P. The summed E-state index contributed by atoms with van der Waals surface area (Å²) >= 11 is 11.2. The van der Waals surface area contributed by atoms with Gasteiger partial charge in [-0.15, -0.1) is 0 Å². The van der Waals surface area contributed by atoms with Crippen LogP contribution in [-0.2, 0) is 18.6 Å². The Hall–Kier alpha value is 0.240. The second kappa shape index (κ2) is 6.09. The van der Waals surface area contributed by atoms with Crippen molar-refractivity contribution in [2.24, 2.45) is 0 Å². The Labute approximate surface area is 100 Å². The molecule has 0 aliphatic rings. The van der Waals surface area contributed by atoms with Crippen LogP contribution >= 0.6 is 31.2 Å². The number of halogens is 2. The minimum absolute atomic E-state index is 0.319. The van der Waals surface area contributed by atoms with Gasteiger partial charge in [0.05, 0.1) is 12.2 Å². The van der Waals surface area contributed by atoms with E-state index in [1.165, 1.54) is 0 Å². The maximum absolute atomic E-state index is 11.5. The standard InChI is InChI=1S/C8H15Cl2O4P/c1-5(2)13-7(11)8(9,10)15(12)14-6(3)4/h5-6,15H,1-4H3. The third-order valence-corrected chi connectivity index (χ3v) is 3.83. The van der Waals surface area contributed by atoms with Gasteiger partial charge >= 0.3 is 5.97 Å². The van der Waals surface area contributed by atoms with Gasteiger partial charge in [0.25, 0.3) is 4.07 Å². The van der Waals surface area contributed by atoms with E-state index in [0.29, 0.717) is 0 Å². The molecule has 0 fully saturated rings. The van der Waals surface area contributed by atoms with E-state index in [0.717, 1.165) is 0 Å². The van der Waals surface area contributed by atoms with E-state index in [2.05, 4.69) is 0 Å². The number of ether oxygens (including phenoxy) is 1. The predicted molar refractivity (Wildman–Crippen MR) is 60.9 cm³/mol. The van der Waals surface area contributed by atoms with Crippen molar-refractivity contribution in [3.63, 3.8) is 0 Å². The van der Waals surface area contributed by atoms with Crippen LogP contribution in [0.25, 0.3) is 0 Å². The maximum Gasteiger partial charge on any atom is 0.352 e. The predicted octanol–water partition coefficient (Wildman–Crippen LogP) is 2.97. The van der Waals surface area contributed by atoms with Crippen LogP contribution in [0.3, 0.4) is 0 Å². The van der Waals surface area contributed by atoms with Gasteiger partial charge < -0.3 is 9.26 Å². The van der Waals surface area contributed by atoms with Crippen LogP contribution < -0.4 is 0 Å². The van der Waals surface area contributed by atoms with Crippen molar-refractivity contribution >= 4 is 37.2 Å². The van der Waals surface area contributed by atoms with Crippen molar-refractivity contribution < 1.29 is 18.6 Å². The highest BCUT2D eigenvalue weighted by atomic mass is 35.5. The SMILES string of the molecule is CC(C)OC(=O)C(Cl)(Cl)[PH](=O)OC(C)C. The molecule has 0 bridgehead atoms. The van der Waals surface area contributed by atoms with Gasteiger partial charge in [-0.25, -0.2) is 4.79 Å². The van der Waals surface area contributed by atoms with Crippen LogP contribution in [0.15, 0.2) is 0 Å². The Balaban J connectivity index is 4.51. The number of hydrogen-bond donors (Lipinski definition) is 0. The number of alkyl halides is 2. The summed E-state index contributed by atoms with van der Waals surface area (Å²) in [7, 11) is -2.90. The second-order valence-electron chi connectivity index (χ2n) is 3.48. The molecule has 0 rings (SSSR count). The molecule has 1 atom stereocenters. The van der Waals surface area contributed by atoms with Crippen LogP contribution in [0, 0.1) is 0 Å². The van der Waals surface area contributed by atoms with Gasteiger partial charge in [-0.2, -0.15) is 0 Å². The highest BCUT2D eigenvalue weighted by Gasteiger charge is 2.44. The van der Waals surface area contributed by atoms with Crippen molar-refractivity contribution in [2.75, 3.05) is 0 Å². The lowest BCUT2D eigenvalue weighted by molar-refractivity contribution is -0.146. The third kappa shape index (κ3) is 5.21. The number of carbonyl (C=O) groups excluding carboxylic acids is 1. The Morgan fingerprint density at radius 2 is 1.67 bits per heavy atom. The Morgan fingerprint density at radius 3 is 2.00 bits per heavy atom. The summed E-state index contributed by atoms with van der Waals surface area (Å²) in [4.78, 5) is 11.4. The number of rotatable bonds is 5. The molecule has 0 heterocycles. The molecule has 0 amide bonds. The largest absolute Gasteiger partial charge is 0.460 e. The first-order valence-electron chi connectivity index (χ1n) is 4.48. The zero-order chi connectivity index (χ0) is 12.2. The fraction of sp³-hybridized carbons (Fsp3) is 0.875. The monoisotopic (exact) mass is 276 g/mol. The van der Waals surface area contributed by atoms with E-state index in [1.807, 2.05) is 0 Å². The molecular weight excluding hydrogens is 262 g/mol. The highest BCUT2D eigenvalue weighted by Crippen LogP contribution is 2.48. The van der Waals surface area contributed by atoms with Crippen molar-refractivity contribution in [1.29, 1.82) is 0 Å². The van der Waals surface area contributed by atoms with Gasteiger partial charge in [0.2, 0.25) is 8.03 Å². The van der Waals surface area contributed by atoms with E-state index in [9.17, 15) is 9.36 Å². The fourth-order valence-corrected chi connectivity index (χ4v) is 1.82. The molecule has 0 saturated carbocycles. The molecule has 0 N–H and O–H groups in total. The van der Waals surface area contributed by atoms with Crippen LogP contribution in [0.4, 0.5) is 0 Å². The molecule has 0 aliphatic carbocycles. The molecule has 15 heavy (non-hydrogen) atoms. The Kier molecular flexibility index (Phi) is 6.19. The summed E-state index contributed by atoms with van der Waals surface area (Å²) in [6, 6.07) is 0. The first kappa shape index (κ1) is 15.2.